The number of hydrogen-bond donors (Lipinski definition) is 2. The number of nitrogens with one attached hydrogen (secondary N) is 1. The lowest BCUT2D eigenvalue weighted by Gasteiger charge is -2.33. The van der Waals surface area contributed by atoms with E-state index >= 15 is 0 Å². The summed E-state index contributed by atoms with van der Waals surface area (Å²) in [5, 5.41) is 9.26. The lowest BCUT2D eigenvalue weighted by atomic mass is 10.1. The first kappa shape index (κ1) is 16.6. The molecule has 2 N–H and O–H groups in total. The summed E-state index contributed by atoms with van der Waals surface area (Å²) >= 11 is 2.88. The van der Waals surface area contributed by atoms with E-state index in [1.54, 1.807) is 0 Å². The maximum Gasteiger partial charge on any atom is 0.302 e. The Morgan fingerprint density at radius 3 is 2.71 bits per heavy atom. The Bertz CT molecular complexity index is 627. The molecule has 0 spiro atoms. The molecule has 9 heteroatoms. The third kappa shape index (κ3) is 3.71. The second kappa shape index (κ2) is 6.55. The van der Waals surface area contributed by atoms with Gasteiger partial charge in [0.05, 0.1) is 16.8 Å². The van der Waals surface area contributed by atoms with Crippen LogP contribution >= 0.6 is 15.9 Å². The molecule has 21 heavy (non-hydrogen) atoms. The minimum atomic E-state index is -4.01. The van der Waals surface area contributed by atoms with Gasteiger partial charge in [0.25, 0.3) is 0 Å². The van der Waals surface area contributed by atoms with Crippen LogP contribution in [0.5, 0.6) is 0 Å². The van der Waals surface area contributed by atoms with Gasteiger partial charge in [0, 0.05) is 18.7 Å². The Balaban J connectivity index is 2.26. The summed E-state index contributed by atoms with van der Waals surface area (Å²) in [5.74, 6) is -1.82. The highest BCUT2D eigenvalue weighted by molar-refractivity contribution is 9.10. The van der Waals surface area contributed by atoms with Gasteiger partial charge in [-0.2, -0.15) is 12.7 Å². The molecule has 0 radical (unpaired) electrons. The van der Waals surface area contributed by atoms with Gasteiger partial charge in [-0.15, -0.1) is 0 Å². The zero-order valence-corrected chi connectivity index (χ0v) is 13.4. The van der Waals surface area contributed by atoms with Crippen LogP contribution in [0.4, 0.5) is 14.5 Å². The van der Waals surface area contributed by atoms with Gasteiger partial charge in [-0.3, -0.25) is 4.72 Å². The van der Waals surface area contributed by atoms with E-state index in [1.807, 2.05) is 0 Å². The molecule has 0 aromatic heterocycles. The van der Waals surface area contributed by atoms with E-state index in [4.69, 9.17) is 0 Å². The first-order chi connectivity index (χ1) is 9.85. The van der Waals surface area contributed by atoms with Crippen LogP contribution in [-0.2, 0) is 10.2 Å². The maximum atomic E-state index is 13.7. The topological polar surface area (TPSA) is 69.6 Å². The summed E-state index contributed by atoms with van der Waals surface area (Å²) in [6, 6.07) is 1.10. The number of hydrogen-bond acceptors (Lipinski definition) is 3. The molecule has 1 aromatic rings. The number of halogens is 3. The Morgan fingerprint density at radius 1 is 1.33 bits per heavy atom. The zero-order valence-electron chi connectivity index (χ0n) is 11.0. The first-order valence-electron chi connectivity index (χ1n) is 6.40. The van der Waals surface area contributed by atoms with Crippen LogP contribution in [0.3, 0.4) is 0 Å². The second-order valence-electron chi connectivity index (χ2n) is 4.80. The van der Waals surface area contributed by atoms with Crippen molar-refractivity contribution in [1.82, 2.24) is 4.31 Å². The summed E-state index contributed by atoms with van der Waals surface area (Å²) in [4.78, 5) is 0. The standard InChI is InChI=1S/C12H15BrF2N2O3S/c13-9-5-12(11(15)6-10(9)14)16-21(19,20)17-4-2-1-3-8(17)7-18/h5-6,8,16,18H,1-4,7H2. The monoisotopic (exact) mass is 384 g/mol. The van der Waals surface area contributed by atoms with Crippen LogP contribution < -0.4 is 4.72 Å². The normalized spacial score (nSPS) is 20.5. The number of piperidine rings is 1. The van der Waals surface area contributed by atoms with Gasteiger partial charge in [-0.05, 0) is 34.8 Å². The summed E-state index contributed by atoms with van der Waals surface area (Å²) in [5.41, 5.74) is -0.342. The molecule has 0 amide bonds. The number of aliphatic hydroxyl groups excluding tert-OH is 1. The third-order valence-corrected chi connectivity index (χ3v) is 5.53. The van der Waals surface area contributed by atoms with Crippen molar-refractivity contribution in [2.75, 3.05) is 17.9 Å². The molecule has 1 unspecified atom stereocenters. The Kier molecular flexibility index (Phi) is 5.18. The van der Waals surface area contributed by atoms with Crippen LogP contribution in [0.25, 0.3) is 0 Å². The van der Waals surface area contributed by atoms with Crippen molar-refractivity contribution in [2.24, 2.45) is 0 Å². The van der Waals surface area contributed by atoms with Crippen molar-refractivity contribution in [2.45, 2.75) is 25.3 Å². The molecule has 5 nitrogen and oxygen atoms in total. The summed E-state index contributed by atoms with van der Waals surface area (Å²) in [6.07, 6.45) is 2.05. The fraction of sp³-hybridized carbons (Fsp3) is 0.500. The van der Waals surface area contributed by atoms with Gasteiger partial charge in [-0.1, -0.05) is 6.42 Å². The van der Waals surface area contributed by atoms with Crippen LogP contribution in [0.2, 0.25) is 0 Å². The highest BCUT2D eigenvalue weighted by Gasteiger charge is 2.32. The van der Waals surface area contributed by atoms with Gasteiger partial charge >= 0.3 is 10.2 Å². The quantitative estimate of drug-likeness (QED) is 0.782. The van der Waals surface area contributed by atoms with Crippen molar-refractivity contribution in [3.63, 3.8) is 0 Å². The molecule has 118 valence electrons. The highest BCUT2D eigenvalue weighted by atomic mass is 79.9. The zero-order chi connectivity index (χ0) is 15.6. The molecule has 0 bridgehead atoms. The van der Waals surface area contributed by atoms with Crippen LogP contribution in [-0.4, -0.2) is 37.0 Å². The van der Waals surface area contributed by atoms with Gasteiger partial charge in [-0.25, -0.2) is 8.78 Å². The molecular formula is C12H15BrF2N2O3S. The van der Waals surface area contributed by atoms with Crippen molar-refractivity contribution in [3.8, 4) is 0 Å². The molecule has 1 saturated heterocycles. The smallest absolute Gasteiger partial charge is 0.302 e. The number of anilines is 1. The Hall–Kier alpha value is -0.770. The van der Waals surface area contributed by atoms with E-state index in [9.17, 15) is 22.3 Å². The molecule has 1 atom stereocenters. The molecule has 0 aliphatic carbocycles. The van der Waals surface area contributed by atoms with E-state index in [1.165, 1.54) is 0 Å². The van der Waals surface area contributed by atoms with Gasteiger partial charge < -0.3 is 5.11 Å². The number of aliphatic hydroxyl groups is 1. The SMILES string of the molecule is O=S(=O)(Nc1cc(Br)c(F)cc1F)N1CCCCC1CO. The van der Waals surface area contributed by atoms with E-state index in [0.717, 1.165) is 16.8 Å². The van der Waals surface area contributed by atoms with Crippen molar-refractivity contribution in [3.05, 3.63) is 28.2 Å². The number of rotatable bonds is 4. The molecule has 1 fully saturated rings. The average molecular weight is 385 g/mol. The molecule has 2 rings (SSSR count). The van der Waals surface area contributed by atoms with Gasteiger partial charge in [0.2, 0.25) is 0 Å². The summed E-state index contributed by atoms with van der Waals surface area (Å²) in [6.45, 7) is -0.0406. The molecule has 1 heterocycles. The van der Waals surface area contributed by atoms with Gasteiger partial charge in [0.15, 0.2) is 0 Å². The minimum Gasteiger partial charge on any atom is -0.395 e. The highest BCUT2D eigenvalue weighted by Crippen LogP contribution is 2.27. The number of benzene rings is 1. The lowest BCUT2D eigenvalue weighted by Crippen LogP contribution is -2.48. The number of nitrogens with zero attached hydrogens (tertiary/aromatic N) is 1. The summed E-state index contributed by atoms with van der Waals surface area (Å²) < 4.78 is 54.6. The first-order valence-corrected chi connectivity index (χ1v) is 8.63. The molecule has 1 aromatic carbocycles. The maximum absolute atomic E-state index is 13.7. The van der Waals surface area contributed by atoms with Crippen molar-refractivity contribution in [1.29, 1.82) is 0 Å². The molecular weight excluding hydrogens is 370 g/mol. The van der Waals surface area contributed by atoms with Crippen LogP contribution in [0.15, 0.2) is 16.6 Å². The van der Waals surface area contributed by atoms with Crippen molar-refractivity contribution >= 4 is 31.8 Å². The van der Waals surface area contributed by atoms with E-state index in [2.05, 4.69) is 20.7 Å². The predicted molar refractivity (Wildman–Crippen MR) is 78.0 cm³/mol. The fourth-order valence-electron chi connectivity index (χ4n) is 2.27. The Labute approximate surface area is 130 Å². The van der Waals surface area contributed by atoms with Crippen LogP contribution in [0, 0.1) is 11.6 Å². The van der Waals surface area contributed by atoms with E-state index in [0.29, 0.717) is 18.9 Å². The molecule has 1 aliphatic heterocycles. The van der Waals surface area contributed by atoms with E-state index in [-0.39, 0.29) is 23.3 Å². The third-order valence-electron chi connectivity index (χ3n) is 3.34. The van der Waals surface area contributed by atoms with Crippen LogP contribution in [0.1, 0.15) is 19.3 Å². The summed E-state index contributed by atoms with van der Waals surface area (Å²) in [7, 11) is -4.01. The van der Waals surface area contributed by atoms with Gasteiger partial charge in [0.1, 0.15) is 11.6 Å². The average Bonchev–Trinajstić information content (AvgIpc) is 2.44. The fourth-order valence-corrected chi connectivity index (χ4v) is 4.10. The minimum absolute atomic E-state index is 0.0426. The molecule has 0 saturated carbocycles. The van der Waals surface area contributed by atoms with E-state index < -0.39 is 27.9 Å². The Morgan fingerprint density at radius 2 is 2.05 bits per heavy atom. The predicted octanol–water partition coefficient (Wildman–Crippen LogP) is 2.23. The molecule has 1 aliphatic rings. The van der Waals surface area contributed by atoms with Crippen molar-refractivity contribution < 1.29 is 22.3 Å². The largest absolute Gasteiger partial charge is 0.395 e. The lowest BCUT2D eigenvalue weighted by molar-refractivity contribution is 0.156. The second-order valence-corrected chi connectivity index (χ2v) is 7.27.